The quantitative estimate of drug-likeness (QED) is 0.555. The minimum atomic E-state index is 0.502. The van der Waals surface area contributed by atoms with E-state index in [1.54, 1.807) is 0 Å². The number of fused-ring (bicyclic) bond motifs is 2. The van der Waals surface area contributed by atoms with Crippen LogP contribution in [0.2, 0.25) is 0 Å². The van der Waals surface area contributed by atoms with Crippen molar-refractivity contribution >= 4 is 12.2 Å². The Morgan fingerprint density at radius 1 is 1.31 bits per heavy atom. The van der Waals surface area contributed by atoms with Crippen LogP contribution >= 0.6 is 0 Å². The molecule has 0 nitrogen and oxygen atoms in total. The molecule has 13 heavy (non-hydrogen) atoms. The highest BCUT2D eigenvalue weighted by molar-refractivity contribution is 5.54. The van der Waals surface area contributed by atoms with Crippen molar-refractivity contribution in [3.05, 3.63) is 34.2 Å². The minimum absolute atomic E-state index is 0.502. The molecular weight excluding hydrogens is 156 g/mol. The highest BCUT2D eigenvalue weighted by Crippen LogP contribution is 2.55. The molecule has 0 aromatic heterocycles. The molecule has 0 heteroatoms. The first kappa shape index (κ1) is 7.37. The van der Waals surface area contributed by atoms with Gasteiger partial charge in [-0.2, -0.15) is 0 Å². The van der Waals surface area contributed by atoms with E-state index in [0.29, 0.717) is 5.41 Å². The Hall–Kier alpha value is -1.04. The highest BCUT2D eigenvalue weighted by Gasteiger charge is 2.47. The Bertz CT molecular complexity index is 481. The van der Waals surface area contributed by atoms with Gasteiger partial charge < -0.3 is 0 Å². The van der Waals surface area contributed by atoms with Crippen molar-refractivity contribution in [2.45, 2.75) is 20.3 Å². The van der Waals surface area contributed by atoms with Crippen LogP contribution in [0.3, 0.4) is 0 Å². The molecule has 0 aliphatic heterocycles. The fourth-order valence-corrected chi connectivity index (χ4v) is 2.37. The van der Waals surface area contributed by atoms with Crippen molar-refractivity contribution in [2.75, 3.05) is 0 Å². The van der Waals surface area contributed by atoms with E-state index >= 15 is 0 Å². The second-order valence-corrected chi connectivity index (χ2v) is 4.76. The van der Waals surface area contributed by atoms with E-state index in [-0.39, 0.29) is 0 Å². The molecule has 0 bridgehead atoms. The summed E-state index contributed by atoms with van der Waals surface area (Å²) in [6.07, 6.45) is 6.25. The standard InChI is InChI=1S/C13H14/c1-9-3-4-10-7-13(2)8-12(13)6-11(10)5-9/h3-7,12H,8H2,1-2H3. The lowest BCUT2D eigenvalue weighted by molar-refractivity contribution is 0.749. The maximum atomic E-state index is 2.45. The van der Waals surface area contributed by atoms with Gasteiger partial charge in [-0.25, -0.2) is 0 Å². The molecule has 1 aromatic rings. The molecule has 66 valence electrons. The van der Waals surface area contributed by atoms with Crippen molar-refractivity contribution < 1.29 is 0 Å². The molecule has 0 saturated heterocycles. The number of benzene rings is 1. The lowest BCUT2D eigenvalue weighted by atomic mass is 9.98. The molecule has 2 aliphatic rings. The summed E-state index contributed by atoms with van der Waals surface area (Å²) in [5.41, 5.74) is 1.87. The molecule has 1 aromatic carbocycles. The Balaban J connectivity index is 2.35. The lowest BCUT2D eigenvalue weighted by Gasteiger charge is -2.07. The molecule has 1 fully saturated rings. The lowest BCUT2D eigenvalue weighted by Crippen LogP contribution is -2.28. The van der Waals surface area contributed by atoms with E-state index in [0.717, 1.165) is 5.92 Å². The fourth-order valence-electron chi connectivity index (χ4n) is 2.37. The Labute approximate surface area is 78.6 Å². The van der Waals surface area contributed by atoms with Gasteiger partial charge in [0.25, 0.3) is 0 Å². The molecule has 0 radical (unpaired) electrons. The Morgan fingerprint density at radius 3 is 3.00 bits per heavy atom. The average Bonchev–Trinajstić information content (AvgIpc) is 2.71. The normalized spacial score (nSPS) is 33.8. The van der Waals surface area contributed by atoms with Gasteiger partial charge in [-0.15, -0.1) is 0 Å². The van der Waals surface area contributed by atoms with Gasteiger partial charge in [0.15, 0.2) is 0 Å². The summed E-state index contributed by atoms with van der Waals surface area (Å²) in [6.45, 7) is 4.52. The predicted molar refractivity (Wildman–Crippen MR) is 55.6 cm³/mol. The van der Waals surface area contributed by atoms with Gasteiger partial charge >= 0.3 is 0 Å². The van der Waals surface area contributed by atoms with Crippen LogP contribution in [-0.4, -0.2) is 0 Å². The largest absolute Gasteiger partial charge is 0.0727 e. The van der Waals surface area contributed by atoms with Gasteiger partial charge in [0, 0.05) is 0 Å². The average molecular weight is 170 g/mol. The molecule has 3 rings (SSSR count). The molecule has 2 aliphatic carbocycles. The topological polar surface area (TPSA) is 0 Å². The van der Waals surface area contributed by atoms with E-state index in [4.69, 9.17) is 0 Å². The van der Waals surface area contributed by atoms with Gasteiger partial charge in [-0.05, 0) is 35.1 Å². The summed E-state index contributed by atoms with van der Waals surface area (Å²) in [6, 6.07) is 6.75. The summed E-state index contributed by atoms with van der Waals surface area (Å²) in [4.78, 5) is 0. The van der Waals surface area contributed by atoms with Gasteiger partial charge in [0.1, 0.15) is 0 Å². The molecule has 0 heterocycles. The number of hydrogen-bond donors (Lipinski definition) is 0. The second-order valence-electron chi connectivity index (χ2n) is 4.76. The molecule has 2 atom stereocenters. The molecule has 0 N–H and O–H groups in total. The summed E-state index contributed by atoms with van der Waals surface area (Å²) in [5.74, 6) is 0.821. The van der Waals surface area contributed by atoms with E-state index in [9.17, 15) is 0 Å². The molecule has 0 amide bonds. The summed E-state index contributed by atoms with van der Waals surface area (Å²) in [7, 11) is 0. The molecular formula is C13H14. The first-order valence-corrected chi connectivity index (χ1v) is 4.99. The molecule has 1 saturated carbocycles. The second kappa shape index (κ2) is 2.06. The summed E-state index contributed by atoms with van der Waals surface area (Å²) >= 11 is 0. The fraction of sp³-hybridized carbons (Fsp3) is 0.385. The highest BCUT2D eigenvalue weighted by atomic mass is 14.5. The van der Waals surface area contributed by atoms with Crippen LogP contribution in [0.4, 0.5) is 0 Å². The number of hydrogen-bond acceptors (Lipinski definition) is 0. The number of rotatable bonds is 0. The first-order chi connectivity index (χ1) is 6.17. The van der Waals surface area contributed by atoms with E-state index in [1.807, 2.05) is 0 Å². The van der Waals surface area contributed by atoms with Crippen LogP contribution in [0.25, 0.3) is 12.2 Å². The van der Waals surface area contributed by atoms with Crippen molar-refractivity contribution in [3.63, 3.8) is 0 Å². The smallest absolute Gasteiger partial charge is 0.00680 e. The molecule has 2 unspecified atom stereocenters. The van der Waals surface area contributed by atoms with Gasteiger partial charge in [0.2, 0.25) is 0 Å². The minimum Gasteiger partial charge on any atom is -0.0727 e. The monoisotopic (exact) mass is 170 g/mol. The maximum Gasteiger partial charge on any atom is -0.00680 e. The third-order valence-corrected chi connectivity index (χ3v) is 3.45. The Kier molecular flexibility index (Phi) is 1.17. The zero-order valence-electron chi connectivity index (χ0n) is 8.17. The molecule has 0 spiro atoms. The zero-order valence-corrected chi connectivity index (χ0v) is 8.17. The van der Waals surface area contributed by atoms with Crippen molar-refractivity contribution in [3.8, 4) is 0 Å². The van der Waals surface area contributed by atoms with Crippen LogP contribution < -0.4 is 10.4 Å². The van der Waals surface area contributed by atoms with Crippen molar-refractivity contribution in [1.29, 1.82) is 0 Å². The van der Waals surface area contributed by atoms with Gasteiger partial charge in [0.05, 0.1) is 0 Å². The van der Waals surface area contributed by atoms with Crippen LogP contribution in [0, 0.1) is 18.3 Å². The van der Waals surface area contributed by atoms with Crippen molar-refractivity contribution in [2.24, 2.45) is 11.3 Å². The van der Waals surface area contributed by atoms with Gasteiger partial charge in [-0.3, -0.25) is 0 Å². The van der Waals surface area contributed by atoms with Crippen LogP contribution in [-0.2, 0) is 0 Å². The zero-order chi connectivity index (χ0) is 9.05. The van der Waals surface area contributed by atoms with E-state index in [1.165, 1.54) is 22.4 Å². The number of aryl methyl sites for hydroxylation is 1. The summed E-state index contributed by atoms with van der Waals surface area (Å²) < 4.78 is 0. The first-order valence-electron chi connectivity index (χ1n) is 4.99. The van der Waals surface area contributed by atoms with Crippen LogP contribution in [0.5, 0.6) is 0 Å². The third-order valence-electron chi connectivity index (χ3n) is 3.45. The van der Waals surface area contributed by atoms with Crippen molar-refractivity contribution in [1.82, 2.24) is 0 Å². The summed E-state index contributed by atoms with van der Waals surface area (Å²) in [5, 5.41) is 2.88. The van der Waals surface area contributed by atoms with Crippen LogP contribution in [0.1, 0.15) is 18.9 Å². The Morgan fingerprint density at radius 2 is 2.15 bits per heavy atom. The van der Waals surface area contributed by atoms with E-state index in [2.05, 4.69) is 44.2 Å². The maximum absolute atomic E-state index is 2.45. The predicted octanol–water partition coefficient (Wildman–Crippen LogP) is 1.60. The third kappa shape index (κ3) is 0.980. The van der Waals surface area contributed by atoms with E-state index < -0.39 is 0 Å². The van der Waals surface area contributed by atoms with Crippen LogP contribution in [0.15, 0.2) is 18.2 Å². The van der Waals surface area contributed by atoms with Gasteiger partial charge in [-0.1, -0.05) is 42.8 Å². The SMILES string of the molecule is Cc1ccc2c(c1)=CC1CC1(C)C=2.